The Morgan fingerprint density at radius 2 is 2.00 bits per heavy atom. The fourth-order valence-electron chi connectivity index (χ4n) is 3.03. The van der Waals surface area contributed by atoms with Crippen molar-refractivity contribution >= 4 is 39.1 Å². The smallest absolute Gasteiger partial charge is 0.242 e. The summed E-state index contributed by atoms with van der Waals surface area (Å²) < 4.78 is 6.72. The summed E-state index contributed by atoms with van der Waals surface area (Å²) in [5.74, 6) is 0.381. The van der Waals surface area contributed by atoms with Gasteiger partial charge in [0.15, 0.2) is 0 Å². The van der Waals surface area contributed by atoms with Gasteiger partial charge in [0, 0.05) is 7.05 Å². The molecule has 0 fully saturated rings. The van der Waals surface area contributed by atoms with Crippen molar-refractivity contribution in [3.05, 3.63) is 53.5 Å². The summed E-state index contributed by atoms with van der Waals surface area (Å²) in [6, 6.07) is 15.2. The SMILES string of the molecule is CN(Cc1nc2ccccc2s1)C(=O)CN1C(=O)CCOc2ccccc21. The van der Waals surface area contributed by atoms with E-state index in [0.29, 0.717) is 24.6 Å². The minimum Gasteiger partial charge on any atom is -0.491 e. The molecule has 2 aromatic carbocycles. The van der Waals surface area contributed by atoms with E-state index in [4.69, 9.17) is 4.74 Å². The van der Waals surface area contributed by atoms with Crippen LogP contribution in [0.25, 0.3) is 10.2 Å². The number of carbonyl (C=O) groups is 2. The van der Waals surface area contributed by atoms with Gasteiger partial charge in [0.2, 0.25) is 11.8 Å². The van der Waals surface area contributed by atoms with E-state index in [-0.39, 0.29) is 24.8 Å². The Kier molecular flexibility index (Phi) is 4.77. The van der Waals surface area contributed by atoms with Crippen molar-refractivity contribution < 1.29 is 14.3 Å². The van der Waals surface area contributed by atoms with Gasteiger partial charge in [-0.05, 0) is 24.3 Å². The number of aromatic nitrogens is 1. The molecule has 0 N–H and O–H groups in total. The molecule has 0 aliphatic carbocycles. The molecule has 1 aromatic heterocycles. The summed E-state index contributed by atoms with van der Waals surface area (Å²) in [4.78, 5) is 32.9. The number of rotatable bonds is 4. The number of para-hydroxylation sites is 3. The zero-order chi connectivity index (χ0) is 18.8. The number of carbonyl (C=O) groups excluding carboxylic acids is 2. The third-order valence-corrected chi connectivity index (χ3v) is 5.48. The molecule has 2 heterocycles. The van der Waals surface area contributed by atoms with Crippen LogP contribution < -0.4 is 9.64 Å². The fraction of sp³-hybridized carbons (Fsp3) is 0.250. The number of hydrogen-bond donors (Lipinski definition) is 0. The lowest BCUT2D eigenvalue weighted by atomic mass is 10.2. The molecule has 7 heteroatoms. The minimum atomic E-state index is -0.140. The first-order chi connectivity index (χ1) is 13.1. The van der Waals surface area contributed by atoms with Crippen molar-refractivity contribution in [3.63, 3.8) is 0 Å². The molecule has 0 saturated carbocycles. The van der Waals surface area contributed by atoms with E-state index in [1.807, 2.05) is 42.5 Å². The van der Waals surface area contributed by atoms with Crippen LogP contribution in [0.4, 0.5) is 5.69 Å². The predicted molar refractivity (Wildman–Crippen MR) is 105 cm³/mol. The van der Waals surface area contributed by atoms with Crippen molar-refractivity contribution in [1.29, 1.82) is 0 Å². The van der Waals surface area contributed by atoms with E-state index in [2.05, 4.69) is 4.98 Å². The Bertz CT molecular complexity index is 968. The number of ether oxygens (including phenoxy) is 1. The lowest BCUT2D eigenvalue weighted by Gasteiger charge is -2.24. The standard InChI is InChI=1S/C20H19N3O3S/c1-22(12-18-21-14-6-2-5-9-17(14)27-18)20(25)13-23-15-7-3-4-8-16(15)26-11-10-19(23)24/h2-9H,10-13H2,1H3. The highest BCUT2D eigenvalue weighted by Gasteiger charge is 2.26. The molecule has 1 aliphatic heterocycles. The number of nitrogens with zero attached hydrogens (tertiary/aromatic N) is 3. The molecule has 138 valence electrons. The quantitative estimate of drug-likeness (QED) is 0.697. The van der Waals surface area contributed by atoms with Gasteiger partial charge in [-0.1, -0.05) is 24.3 Å². The van der Waals surface area contributed by atoms with E-state index in [1.54, 1.807) is 29.4 Å². The number of likely N-dealkylation sites (N-methyl/N-ethyl adjacent to an activating group) is 1. The van der Waals surface area contributed by atoms with Crippen molar-refractivity contribution in [3.8, 4) is 5.75 Å². The molecule has 0 bridgehead atoms. The average molecular weight is 381 g/mol. The summed E-state index contributed by atoms with van der Waals surface area (Å²) in [6.07, 6.45) is 0.254. The molecular formula is C20H19N3O3S. The molecule has 0 radical (unpaired) electrons. The van der Waals surface area contributed by atoms with E-state index in [9.17, 15) is 9.59 Å². The van der Waals surface area contributed by atoms with Gasteiger partial charge in [-0.3, -0.25) is 14.5 Å². The van der Waals surface area contributed by atoms with Gasteiger partial charge in [0.25, 0.3) is 0 Å². The van der Waals surface area contributed by atoms with Gasteiger partial charge in [0.1, 0.15) is 17.3 Å². The van der Waals surface area contributed by atoms with Gasteiger partial charge in [-0.2, -0.15) is 0 Å². The summed E-state index contributed by atoms with van der Waals surface area (Å²) in [6.45, 7) is 0.723. The molecule has 0 unspecified atom stereocenters. The number of fused-ring (bicyclic) bond motifs is 2. The average Bonchev–Trinajstić information content (AvgIpc) is 3.01. The molecule has 0 saturated heterocycles. The fourth-order valence-corrected chi connectivity index (χ4v) is 4.05. The molecule has 27 heavy (non-hydrogen) atoms. The molecule has 0 spiro atoms. The zero-order valence-electron chi connectivity index (χ0n) is 14.9. The Morgan fingerprint density at radius 3 is 2.85 bits per heavy atom. The molecule has 0 atom stereocenters. The summed E-state index contributed by atoms with van der Waals surface area (Å²) in [5.41, 5.74) is 1.58. The van der Waals surface area contributed by atoms with E-state index >= 15 is 0 Å². The largest absolute Gasteiger partial charge is 0.491 e. The topological polar surface area (TPSA) is 62.7 Å². The third-order valence-electron chi connectivity index (χ3n) is 4.46. The van der Waals surface area contributed by atoms with Gasteiger partial charge >= 0.3 is 0 Å². The Hall–Kier alpha value is -2.93. The van der Waals surface area contributed by atoms with E-state index in [0.717, 1.165) is 15.2 Å². The van der Waals surface area contributed by atoms with Crippen LogP contribution in [0.2, 0.25) is 0 Å². The predicted octanol–water partition coefficient (Wildman–Crippen LogP) is 3.07. The summed E-state index contributed by atoms with van der Waals surface area (Å²) in [5, 5.41) is 0.873. The van der Waals surface area contributed by atoms with Crippen LogP contribution in [0.3, 0.4) is 0 Å². The van der Waals surface area contributed by atoms with Crippen molar-refractivity contribution in [2.24, 2.45) is 0 Å². The highest BCUT2D eigenvalue weighted by molar-refractivity contribution is 7.18. The van der Waals surface area contributed by atoms with Crippen LogP contribution in [0.1, 0.15) is 11.4 Å². The lowest BCUT2D eigenvalue weighted by molar-refractivity contribution is -0.130. The zero-order valence-corrected chi connectivity index (χ0v) is 15.7. The van der Waals surface area contributed by atoms with Crippen molar-refractivity contribution in [2.75, 3.05) is 25.1 Å². The van der Waals surface area contributed by atoms with Gasteiger partial charge < -0.3 is 9.64 Å². The Morgan fingerprint density at radius 1 is 1.22 bits per heavy atom. The van der Waals surface area contributed by atoms with Crippen LogP contribution >= 0.6 is 11.3 Å². The van der Waals surface area contributed by atoms with Crippen molar-refractivity contribution in [2.45, 2.75) is 13.0 Å². The van der Waals surface area contributed by atoms with Gasteiger partial charge in [-0.25, -0.2) is 4.98 Å². The first-order valence-corrected chi connectivity index (χ1v) is 9.54. The van der Waals surface area contributed by atoms with Crippen LogP contribution in [0.5, 0.6) is 5.75 Å². The monoisotopic (exact) mass is 381 g/mol. The lowest BCUT2D eigenvalue weighted by Crippen LogP contribution is -2.41. The Balaban J connectivity index is 1.50. The molecule has 2 amide bonds. The highest BCUT2D eigenvalue weighted by atomic mass is 32.1. The minimum absolute atomic E-state index is 0.0133. The Labute approximate surface area is 161 Å². The van der Waals surface area contributed by atoms with E-state index < -0.39 is 0 Å². The number of thiazole rings is 1. The number of amides is 2. The first kappa shape index (κ1) is 17.5. The number of benzene rings is 2. The van der Waals surface area contributed by atoms with Gasteiger partial charge in [-0.15, -0.1) is 11.3 Å². The highest BCUT2D eigenvalue weighted by Crippen LogP contribution is 2.31. The first-order valence-electron chi connectivity index (χ1n) is 8.72. The maximum absolute atomic E-state index is 12.8. The molecule has 6 nitrogen and oxygen atoms in total. The maximum atomic E-state index is 12.8. The normalized spacial score (nSPS) is 13.8. The van der Waals surface area contributed by atoms with Crippen LogP contribution in [0.15, 0.2) is 48.5 Å². The summed E-state index contributed by atoms with van der Waals surface area (Å²) >= 11 is 1.58. The number of anilines is 1. The van der Waals surface area contributed by atoms with Crippen LogP contribution in [-0.4, -0.2) is 41.9 Å². The second kappa shape index (κ2) is 7.36. The van der Waals surface area contributed by atoms with Gasteiger partial charge in [0.05, 0.1) is 35.5 Å². The summed E-state index contributed by atoms with van der Waals surface area (Å²) in [7, 11) is 1.74. The van der Waals surface area contributed by atoms with Crippen LogP contribution in [-0.2, 0) is 16.1 Å². The third kappa shape index (κ3) is 3.64. The van der Waals surface area contributed by atoms with Crippen molar-refractivity contribution in [1.82, 2.24) is 9.88 Å². The molecule has 1 aliphatic rings. The number of hydrogen-bond acceptors (Lipinski definition) is 5. The molecular weight excluding hydrogens is 362 g/mol. The van der Waals surface area contributed by atoms with E-state index in [1.165, 1.54) is 4.90 Å². The molecule has 4 rings (SSSR count). The molecule has 3 aromatic rings. The second-order valence-electron chi connectivity index (χ2n) is 6.37. The van der Waals surface area contributed by atoms with Crippen LogP contribution in [0, 0.1) is 0 Å². The second-order valence-corrected chi connectivity index (χ2v) is 7.49. The maximum Gasteiger partial charge on any atom is 0.242 e.